The molecule has 0 saturated heterocycles. The number of aromatic nitrogens is 1. The van der Waals surface area contributed by atoms with E-state index in [0.717, 1.165) is 5.52 Å². The number of anilines is 1. The van der Waals surface area contributed by atoms with Crippen molar-refractivity contribution in [2.75, 3.05) is 5.32 Å². The highest BCUT2D eigenvalue weighted by Crippen LogP contribution is 2.37. The number of benzene rings is 3. The molecule has 0 aliphatic carbocycles. The minimum Gasteiger partial charge on any atom is -0.366 e. The Balaban J connectivity index is 1.62. The molecule has 25 heavy (non-hydrogen) atoms. The van der Waals surface area contributed by atoms with Gasteiger partial charge in [0.05, 0.1) is 6.04 Å². The van der Waals surface area contributed by atoms with E-state index in [-0.39, 0.29) is 12.2 Å². The zero-order valence-electron chi connectivity index (χ0n) is 13.7. The van der Waals surface area contributed by atoms with E-state index in [1.165, 1.54) is 27.8 Å². The zero-order chi connectivity index (χ0) is 16.6. The Labute approximate surface area is 146 Å². The fourth-order valence-electron chi connectivity index (χ4n) is 3.76. The summed E-state index contributed by atoms with van der Waals surface area (Å²) in [6.07, 6.45) is 2.15. The molecule has 122 valence electrons. The van der Waals surface area contributed by atoms with Crippen molar-refractivity contribution >= 4 is 16.6 Å². The van der Waals surface area contributed by atoms with Crippen LogP contribution in [0.2, 0.25) is 0 Å². The minimum atomic E-state index is 0.0521. The van der Waals surface area contributed by atoms with Gasteiger partial charge in [0.15, 0.2) is 0 Å². The van der Waals surface area contributed by atoms with Crippen molar-refractivity contribution in [3.05, 3.63) is 102 Å². The highest BCUT2D eigenvalue weighted by molar-refractivity contribution is 5.84. The van der Waals surface area contributed by atoms with E-state index in [0.29, 0.717) is 0 Å². The number of rotatable bonds is 2. The number of aromatic amines is 1. The lowest BCUT2D eigenvalue weighted by Gasteiger charge is -2.35. The second kappa shape index (κ2) is 5.80. The molecule has 1 aromatic heterocycles. The molecule has 3 heteroatoms. The average Bonchev–Trinajstić information content (AvgIpc) is 3.12. The van der Waals surface area contributed by atoms with Crippen molar-refractivity contribution in [3.8, 4) is 0 Å². The summed E-state index contributed by atoms with van der Waals surface area (Å²) in [5, 5.41) is 8.70. The van der Waals surface area contributed by atoms with Gasteiger partial charge in [0, 0.05) is 28.4 Å². The summed E-state index contributed by atoms with van der Waals surface area (Å²) in [4.78, 5) is 3.38. The molecule has 0 amide bonds. The monoisotopic (exact) mass is 325 g/mol. The summed E-state index contributed by atoms with van der Waals surface area (Å²) < 4.78 is 0. The number of H-pyrrole nitrogens is 1. The lowest BCUT2D eigenvalue weighted by Crippen LogP contribution is -2.37. The largest absolute Gasteiger partial charge is 0.366 e. The van der Waals surface area contributed by atoms with Crippen LogP contribution in [0.15, 0.2) is 85.1 Å². The Bertz CT molecular complexity index is 1020. The lowest BCUT2D eigenvalue weighted by molar-refractivity contribution is 0.508. The standard InChI is InChI=1S/C22H19N3/c1-2-8-15(9-3-1)21-17-11-5-7-13-20(17)24-22(25-21)18-14-23-19-12-6-4-10-16(18)19/h1-14,21-25H. The molecule has 3 N–H and O–H groups in total. The van der Waals surface area contributed by atoms with Gasteiger partial charge in [-0.05, 0) is 23.3 Å². The summed E-state index contributed by atoms with van der Waals surface area (Å²) in [7, 11) is 0. The highest BCUT2D eigenvalue weighted by atomic mass is 15.2. The van der Waals surface area contributed by atoms with E-state index < -0.39 is 0 Å². The fourth-order valence-corrected chi connectivity index (χ4v) is 3.76. The molecule has 1 aliphatic heterocycles. The molecule has 1 aliphatic rings. The van der Waals surface area contributed by atoms with Gasteiger partial charge in [-0.1, -0.05) is 66.7 Å². The maximum absolute atomic E-state index is 3.79. The smallest absolute Gasteiger partial charge is 0.106 e. The van der Waals surface area contributed by atoms with Gasteiger partial charge in [-0.15, -0.1) is 0 Å². The Kier molecular flexibility index (Phi) is 3.32. The van der Waals surface area contributed by atoms with Crippen LogP contribution in [-0.2, 0) is 0 Å². The van der Waals surface area contributed by atoms with Crippen molar-refractivity contribution < 1.29 is 0 Å². The quantitative estimate of drug-likeness (QED) is 0.487. The van der Waals surface area contributed by atoms with E-state index in [1.54, 1.807) is 0 Å². The van der Waals surface area contributed by atoms with Gasteiger partial charge >= 0.3 is 0 Å². The number of hydrogen-bond acceptors (Lipinski definition) is 2. The Hall–Kier alpha value is -3.04. The molecule has 0 spiro atoms. The van der Waals surface area contributed by atoms with Crippen LogP contribution < -0.4 is 10.6 Å². The molecule has 4 aromatic rings. The van der Waals surface area contributed by atoms with Crippen LogP contribution in [0.4, 0.5) is 5.69 Å². The highest BCUT2D eigenvalue weighted by Gasteiger charge is 2.28. The molecule has 5 rings (SSSR count). The lowest BCUT2D eigenvalue weighted by atomic mass is 9.93. The summed E-state index contributed by atoms with van der Waals surface area (Å²) in [6, 6.07) is 27.8. The van der Waals surface area contributed by atoms with E-state index in [1.807, 2.05) is 0 Å². The molecule has 0 saturated carbocycles. The van der Waals surface area contributed by atoms with E-state index >= 15 is 0 Å². The Morgan fingerprint density at radius 1 is 0.680 bits per heavy atom. The predicted octanol–water partition coefficient (Wildman–Crippen LogP) is 4.97. The summed E-state index contributed by atoms with van der Waals surface area (Å²) in [5.41, 5.74) is 6.15. The molecule has 2 atom stereocenters. The van der Waals surface area contributed by atoms with Crippen LogP contribution in [0, 0.1) is 0 Å². The van der Waals surface area contributed by atoms with Gasteiger partial charge in [-0.25, -0.2) is 0 Å². The van der Waals surface area contributed by atoms with Gasteiger partial charge in [-0.2, -0.15) is 0 Å². The van der Waals surface area contributed by atoms with Crippen LogP contribution in [0.25, 0.3) is 10.9 Å². The first kappa shape index (κ1) is 14.3. The van der Waals surface area contributed by atoms with Crippen LogP contribution in [-0.4, -0.2) is 4.98 Å². The second-order valence-electron chi connectivity index (χ2n) is 6.46. The molecule has 0 radical (unpaired) electrons. The molecule has 2 heterocycles. The van der Waals surface area contributed by atoms with Gasteiger partial charge in [-0.3, -0.25) is 5.32 Å². The second-order valence-corrected chi connectivity index (χ2v) is 6.46. The predicted molar refractivity (Wildman–Crippen MR) is 103 cm³/mol. The van der Waals surface area contributed by atoms with E-state index in [9.17, 15) is 0 Å². The van der Waals surface area contributed by atoms with Crippen LogP contribution in [0.5, 0.6) is 0 Å². The van der Waals surface area contributed by atoms with Gasteiger partial charge in [0.1, 0.15) is 6.17 Å². The Morgan fingerprint density at radius 2 is 1.44 bits per heavy atom. The third-order valence-corrected chi connectivity index (χ3v) is 4.97. The average molecular weight is 325 g/mol. The Morgan fingerprint density at radius 3 is 2.36 bits per heavy atom. The number of hydrogen-bond donors (Lipinski definition) is 3. The summed E-state index contributed by atoms with van der Waals surface area (Å²) in [6.45, 7) is 0. The molecular weight excluding hydrogens is 306 g/mol. The zero-order valence-corrected chi connectivity index (χ0v) is 13.7. The normalized spacial score (nSPS) is 19.4. The summed E-state index contributed by atoms with van der Waals surface area (Å²) >= 11 is 0. The van der Waals surface area contributed by atoms with Crippen molar-refractivity contribution in [2.24, 2.45) is 0 Å². The first-order chi connectivity index (χ1) is 12.4. The molecule has 3 nitrogen and oxygen atoms in total. The van der Waals surface area contributed by atoms with Gasteiger partial charge in [0.25, 0.3) is 0 Å². The first-order valence-corrected chi connectivity index (χ1v) is 8.62. The maximum atomic E-state index is 3.79. The maximum Gasteiger partial charge on any atom is 0.106 e. The fraction of sp³-hybridized carbons (Fsp3) is 0.0909. The SMILES string of the molecule is c1ccc(C2NC(c3c[nH]c4ccccc34)Nc3ccccc32)cc1. The molecule has 0 bridgehead atoms. The van der Waals surface area contributed by atoms with Crippen molar-refractivity contribution in [1.82, 2.24) is 10.3 Å². The number of nitrogens with one attached hydrogen (secondary N) is 3. The van der Waals surface area contributed by atoms with E-state index in [2.05, 4.69) is 101 Å². The third-order valence-electron chi connectivity index (χ3n) is 4.97. The minimum absolute atomic E-state index is 0.0521. The van der Waals surface area contributed by atoms with Crippen molar-refractivity contribution in [2.45, 2.75) is 12.2 Å². The number of fused-ring (bicyclic) bond motifs is 2. The van der Waals surface area contributed by atoms with Crippen molar-refractivity contribution in [1.29, 1.82) is 0 Å². The van der Waals surface area contributed by atoms with Crippen LogP contribution >= 0.6 is 0 Å². The topological polar surface area (TPSA) is 39.9 Å². The molecular formula is C22H19N3. The third kappa shape index (κ3) is 2.41. The van der Waals surface area contributed by atoms with Gasteiger partial charge < -0.3 is 10.3 Å². The molecule has 0 fully saturated rings. The number of para-hydroxylation sites is 2. The van der Waals surface area contributed by atoms with Crippen LogP contribution in [0.3, 0.4) is 0 Å². The van der Waals surface area contributed by atoms with E-state index in [4.69, 9.17) is 0 Å². The van der Waals surface area contributed by atoms with Crippen molar-refractivity contribution in [3.63, 3.8) is 0 Å². The first-order valence-electron chi connectivity index (χ1n) is 8.62. The summed E-state index contributed by atoms with van der Waals surface area (Å²) in [5.74, 6) is 0. The molecule has 3 aromatic carbocycles. The molecule has 2 unspecified atom stereocenters. The van der Waals surface area contributed by atoms with Gasteiger partial charge in [0.2, 0.25) is 0 Å². The van der Waals surface area contributed by atoms with Crippen LogP contribution in [0.1, 0.15) is 28.9 Å².